The van der Waals surface area contributed by atoms with E-state index in [-0.39, 0.29) is 6.42 Å². The first-order valence-electron chi connectivity index (χ1n) is 15.4. The van der Waals surface area contributed by atoms with Crippen LogP contribution in [0.15, 0.2) is 23.8 Å². The molecule has 4 nitrogen and oxygen atoms in total. The Bertz CT molecular complexity index is 565. The average Bonchev–Trinajstić information content (AvgIpc) is 2.85. The molecule has 0 radical (unpaired) electrons. The Morgan fingerprint density at radius 2 is 0.889 bits per heavy atom. The highest BCUT2D eigenvalue weighted by atomic mass is 16.4. The molecule has 210 valence electrons. The summed E-state index contributed by atoms with van der Waals surface area (Å²) < 4.78 is 0. The third kappa shape index (κ3) is 27.0. The number of carboxylic acids is 2. The van der Waals surface area contributed by atoms with Crippen LogP contribution in [-0.2, 0) is 9.59 Å². The van der Waals surface area contributed by atoms with Gasteiger partial charge < -0.3 is 10.2 Å². The summed E-state index contributed by atoms with van der Waals surface area (Å²) in [5.74, 6) is -1.43. The highest BCUT2D eigenvalue weighted by Crippen LogP contribution is 2.16. The molecule has 2 N–H and O–H groups in total. The van der Waals surface area contributed by atoms with E-state index < -0.39 is 11.9 Å². The van der Waals surface area contributed by atoms with Crippen molar-refractivity contribution in [3.8, 4) is 0 Å². The van der Waals surface area contributed by atoms with Crippen molar-refractivity contribution in [2.45, 2.75) is 167 Å². The fourth-order valence-corrected chi connectivity index (χ4v) is 4.62. The lowest BCUT2D eigenvalue weighted by atomic mass is 10.0. The van der Waals surface area contributed by atoms with E-state index in [0.29, 0.717) is 12.0 Å². The van der Waals surface area contributed by atoms with Crippen LogP contribution in [0.25, 0.3) is 0 Å². The van der Waals surface area contributed by atoms with Gasteiger partial charge in [-0.25, -0.2) is 4.79 Å². The molecule has 0 bridgehead atoms. The maximum absolute atomic E-state index is 11.5. The normalized spacial score (nSPS) is 12.0. The van der Waals surface area contributed by atoms with Crippen LogP contribution in [0.4, 0.5) is 0 Å². The minimum Gasteiger partial charge on any atom is -0.481 e. The van der Waals surface area contributed by atoms with E-state index >= 15 is 0 Å². The highest BCUT2D eigenvalue weighted by molar-refractivity contribution is 5.86. The van der Waals surface area contributed by atoms with Gasteiger partial charge in [0.1, 0.15) is 0 Å². The zero-order chi connectivity index (χ0) is 26.5. The lowest BCUT2D eigenvalue weighted by Crippen LogP contribution is -2.00. The smallest absolute Gasteiger partial charge is 0.331 e. The monoisotopic (exact) mass is 506 g/mol. The van der Waals surface area contributed by atoms with E-state index in [4.69, 9.17) is 5.11 Å². The first-order valence-corrected chi connectivity index (χ1v) is 15.4. The molecule has 0 aliphatic heterocycles. The number of unbranched alkanes of at least 4 members (excludes halogenated alkanes) is 20. The van der Waals surface area contributed by atoms with Gasteiger partial charge in [-0.1, -0.05) is 121 Å². The summed E-state index contributed by atoms with van der Waals surface area (Å²) >= 11 is 0. The second-order valence-electron chi connectivity index (χ2n) is 10.5. The molecule has 0 amide bonds. The molecule has 0 rings (SSSR count). The van der Waals surface area contributed by atoms with Crippen molar-refractivity contribution < 1.29 is 19.8 Å². The number of carbonyl (C=O) groups is 2. The fraction of sp³-hybridized carbons (Fsp3) is 0.812. The molecule has 0 saturated carbocycles. The molecule has 0 aromatic rings. The third-order valence-corrected chi connectivity index (χ3v) is 6.97. The van der Waals surface area contributed by atoms with Gasteiger partial charge in [-0.15, -0.1) is 0 Å². The van der Waals surface area contributed by atoms with Crippen molar-refractivity contribution in [3.63, 3.8) is 0 Å². The van der Waals surface area contributed by atoms with E-state index in [0.717, 1.165) is 57.8 Å². The third-order valence-electron chi connectivity index (χ3n) is 6.97. The minimum atomic E-state index is -0.730. The SMILES string of the molecule is CCCCCCCCCCCCCC=C(CCCCCCCCC=CCCCCCC(=O)O)C(=O)O. The molecule has 0 aliphatic rings. The van der Waals surface area contributed by atoms with Gasteiger partial charge in [-0.2, -0.15) is 0 Å². The maximum atomic E-state index is 11.5. The first-order chi connectivity index (χ1) is 17.6. The standard InChI is InChI=1S/C32H58O4/c1-2-3-4-5-6-7-8-12-15-18-21-24-27-30(32(35)36)28-25-22-19-16-13-10-9-11-14-17-20-23-26-29-31(33)34/h11,14,27H,2-10,12-13,15-26,28-29H2,1H3,(H,33,34)(H,35,36). The summed E-state index contributed by atoms with van der Waals surface area (Å²) in [5.41, 5.74) is 0.621. The van der Waals surface area contributed by atoms with Crippen LogP contribution >= 0.6 is 0 Å². The summed E-state index contributed by atoms with van der Waals surface area (Å²) in [6.07, 6.45) is 35.0. The molecule has 0 unspecified atom stereocenters. The van der Waals surface area contributed by atoms with Gasteiger partial charge in [0.05, 0.1) is 0 Å². The summed E-state index contributed by atoms with van der Waals surface area (Å²) in [4.78, 5) is 22.0. The predicted octanol–water partition coefficient (Wildman–Crippen LogP) is 10.4. The van der Waals surface area contributed by atoms with Gasteiger partial charge >= 0.3 is 11.9 Å². The molecule has 0 fully saturated rings. The molecule has 0 atom stereocenters. The summed E-state index contributed by atoms with van der Waals surface area (Å²) in [7, 11) is 0. The number of hydrogen-bond acceptors (Lipinski definition) is 2. The van der Waals surface area contributed by atoms with Crippen molar-refractivity contribution in [2.24, 2.45) is 0 Å². The summed E-state index contributed by atoms with van der Waals surface area (Å²) in [5, 5.41) is 18.1. The Morgan fingerprint density at radius 3 is 1.36 bits per heavy atom. The molecule has 0 heterocycles. The van der Waals surface area contributed by atoms with Crippen LogP contribution in [0.1, 0.15) is 167 Å². The van der Waals surface area contributed by atoms with Crippen molar-refractivity contribution in [2.75, 3.05) is 0 Å². The van der Waals surface area contributed by atoms with Crippen LogP contribution < -0.4 is 0 Å². The van der Waals surface area contributed by atoms with Crippen molar-refractivity contribution in [1.29, 1.82) is 0 Å². The fourth-order valence-electron chi connectivity index (χ4n) is 4.62. The summed E-state index contributed by atoms with van der Waals surface area (Å²) in [6.45, 7) is 2.26. The van der Waals surface area contributed by atoms with Crippen LogP contribution in [0, 0.1) is 0 Å². The summed E-state index contributed by atoms with van der Waals surface area (Å²) in [6, 6.07) is 0. The van der Waals surface area contributed by atoms with Crippen molar-refractivity contribution in [1.82, 2.24) is 0 Å². The Hall–Kier alpha value is -1.58. The van der Waals surface area contributed by atoms with Crippen LogP contribution in [-0.4, -0.2) is 22.2 Å². The number of hydrogen-bond donors (Lipinski definition) is 2. The molecule has 4 heteroatoms. The van der Waals surface area contributed by atoms with Crippen LogP contribution in [0.5, 0.6) is 0 Å². The largest absolute Gasteiger partial charge is 0.481 e. The van der Waals surface area contributed by atoms with Gasteiger partial charge in [0.25, 0.3) is 0 Å². The zero-order valence-electron chi connectivity index (χ0n) is 23.6. The van der Waals surface area contributed by atoms with Crippen molar-refractivity contribution in [3.05, 3.63) is 23.8 Å². The quantitative estimate of drug-likeness (QED) is 0.0628. The Morgan fingerprint density at radius 1 is 0.500 bits per heavy atom. The maximum Gasteiger partial charge on any atom is 0.331 e. The predicted molar refractivity (Wildman–Crippen MR) is 154 cm³/mol. The van der Waals surface area contributed by atoms with Crippen molar-refractivity contribution >= 4 is 11.9 Å². The van der Waals surface area contributed by atoms with Gasteiger partial charge in [-0.3, -0.25) is 4.79 Å². The molecule has 0 spiro atoms. The molecule has 0 aromatic heterocycles. The highest BCUT2D eigenvalue weighted by Gasteiger charge is 2.06. The zero-order valence-corrected chi connectivity index (χ0v) is 23.6. The average molecular weight is 507 g/mol. The number of carboxylic acid groups (broad SMARTS) is 2. The Labute approximate surface area is 223 Å². The van der Waals surface area contributed by atoms with Gasteiger partial charge in [0.15, 0.2) is 0 Å². The molecule has 36 heavy (non-hydrogen) atoms. The van der Waals surface area contributed by atoms with E-state index in [1.807, 2.05) is 6.08 Å². The lowest BCUT2D eigenvalue weighted by molar-refractivity contribution is -0.137. The molecular weight excluding hydrogens is 448 g/mol. The minimum absolute atomic E-state index is 0.289. The Balaban J connectivity index is 3.55. The van der Waals surface area contributed by atoms with Crippen LogP contribution in [0.2, 0.25) is 0 Å². The van der Waals surface area contributed by atoms with Gasteiger partial charge in [-0.05, 0) is 57.8 Å². The lowest BCUT2D eigenvalue weighted by Gasteiger charge is -2.04. The second kappa shape index (κ2) is 28.0. The van der Waals surface area contributed by atoms with Gasteiger partial charge in [0, 0.05) is 12.0 Å². The molecule has 0 aromatic carbocycles. The molecular formula is C32H58O4. The van der Waals surface area contributed by atoms with E-state index in [2.05, 4.69) is 19.1 Å². The van der Waals surface area contributed by atoms with E-state index in [1.54, 1.807) is 0 Å². The number of aliphatic carboxylic acids is 2. The first kappa shape index (κ1) is 34.4. The number of rotatable bonds is 28. The molecule has 0 aliphatic carbocycles. The van der Waals surface area contributed by atoms with Gasteiger partial charge in [0.2, 0.25) is 0 Å². The second-order valence-corrected chi connectivity index (χ2v) is 10.5. The Kier molecular flexibility index (Phi) is 26.8. The topological polar surface area (TPSA) is 74.6 Å². The van der Waals surface area contributed by atoms with Crippen LogP contribution in [0.3, 0.4) is 0 Å². The van der Waals surface area contributed by atoms with E-state index in [9.17, 15) is 14.7 Å². The molecule has 0 saturated heterocycles. The number of allylic oxidation sites excluding steroid dienone is 3. The van der Waals surface area contributed by atoms with E-state index in [1.165, 1.54) is 89.9 Å².